The highest BCUT2D eigenvalue weighted by molar-refractivity contribution is 9.10. The van der Waals surface area contributed by atoms with Crippen LogP contribution in [0, 0.1) is 11.3 Å². The number of hydrogen-bond donors (Lipinski definition) is 1. The molecule has 0 unspecified atom stereocenters. The third-order valence-corrected chi connectivity index (χ3v) is 4.11. The molecule has 0 aliphatic heterocycles. The Hall–Kier alpha value is -1.05. The molecule has 1 saturated carbocycles. The monoisotopic (exact) mass is 322 g/mol. The summed E-state index contributed by atoms with van der Waals surface area (Å²) in [6.45, 7) is 1.43. The van der Waals surface area contributed by atoms with E-state index in [9.17, 15) is 0 Å². The lowest BCUT2D eigenvalue weighted by atomic mass is 9.98. The first kappa shape index (κ1) is 14.4. The van der Waals surface area contributed by atoms with Crippen LogP contribution < -0.4 is 5.32 Å². The van der Waals surface area contributed by atoms with Crippen molar-refractivity contribution in [2.45, 2.75) is 38.2 Å². The van der Waals surface area contributed by atoms with E-state index < -0.39 is 0 Å². The Morgan fingerprint density at radius 1 is 1.32 bits per heavy atom. The predicted molar refractivity (Wildman–Crippen MR) is 80.2 cm³/mol. The molecule has 102 valence electrons. The first-order chi connectivity index (χ1) is 9.31. The van der Waals surface area contributed by atoms with Gasteiger partial charge in [-0.3, -0.25) is 0 Å². The van der Waals surface area contributed by atoms with Crippen LogP contribution in [-0.4, -0.2) is 19.3 Å². The van der Waals surface area contributed by atoms with Gasteiger partial charge >= 0.3 is 0 Å². The number of hydrogen-bond acceptors (Lipinski definition) is 3. The van der Waals surface area contributed by atoms with Crippen LogP contribution in [0.5, 0.6) is 0 Å². The molecule has 1 aliphatic rings. The lowest BCUT2D eigenvalue weighted by molar-refractivity contribution is 0.0347. The van der Waals surface area contributed by atoms with Crippen LogP contribution in [0.4, 0.5) is 5.69 Å². The summed E-state index contributed by atoms with van der Waals surface area (Å²) in [5, 5.41) is 12.4. The molecule has 19 heavy (non-hydrogen) atoms. The summed E-state index contributed by atoms with van der Waals surface area (Å²) in [5.74, 6) is 0. The summed E-state index contributed by atoms with van der Waals surface area (Å²) < 4.78 is 6.68. The maximum absolute atomic E-state index is 9.11. The number of nitrogens with zero attached hydrogens (tertiary/aromatic N) is 1. The van der Waals surface area contributed by atoms with E-state index in [-0.39, 0.29) is 0 Å². The second-order valence-electron chi connectivity index (χ2n) is 4.83. The summed E-state index contributed by atoms with van der Waals surface area (Å²) >= 11 is 3.39. The van der Waals surface area contributed by atoms with Gasteiger partial charge in [0.1, 0.15) is 6.07 Å². The number of benzene rings is 1. The summed E-state index contributed by atoms with van der Waals surface area (Å²) in [6, 6.07) is 7.93. The van der Waals surface area contributed by atoms with Crippen LogP contribution in [0.25, 0.3) is 0 Å². The standard InChI is InChI=1S/C15H19BrN2O/c16-14-7-4-8-15(13(14)11-17)18-9-10-19-12-5-2-1-3-6-12/h4,7-8,12,18H,1-3,5-6,9-10H2. The highest BCUT2D eigenvalue weighted by atomic mass is 79.9. The molecular formula is C15H19BrN2O. The smallest absolute Gasteiger partial charge is 0.103 e. The molecule has 0 radical (unpaired) electrons. The van der Waals surface area contributed by atoms with Crippen molar-refractivity contribution in [1.29, 1.82) is 5.26 Å². The lowest BCUT2D eigenvalue weighted by Gasteiger charge is -2.22. The fraction of sp³-hybridized carbons (Fsp3) is 0.533. The predicted octanol–water partition coefficient (Wildman–Crippen LogP) is 4.08. The minimum Gasteiger partial charge on any atom is -0.382 e. The summed E-state index contributed by atoms with van der Waals surface area (Å²) in [4.78, 5) is 0. The van der Waals surface area contributed by atoms with Crippen LogP contribution in [0.3, 0.4) is 0 Å². The molecule has 0 aromatic heterocycles. The molecule has 1 N–H and O–H groups in total. The quantitative estimate of drug-likeness (QED) is 0.831. The van der Waals surface area contributed by atoms with E-state index in [1.165, 1.54) is 32.1 Å². The SMILES string of the molecule is N#Cc1c(Br)cccc1NCCOC1CCCCC1. The van der Waals surface area contributed by atoms with Gasteiger partial charge in [-0.25, -0.2) is 0 Å². The second kappa shape index (κ2) is 7.52. The van der Waals surface area contributed by atoms with E-state index in [4.69, 9.17) is 10.00 Å². The van der Waals surface area contributed by atoms with E-state index >= 15 is 0 Å². The zero-order chi connectivity index (χ0) is 13.5. The molecule has 0 spiro atoms. The molecule has 0 bridgehead atoms. The minimum atomic E-state index is 0.438. The maximum atomic E-state index is 9.11. The summed E-state index contributed by atoms with van der Waals surface area (Å²) in [6.07, 6.45) is 6.76. The molecule has 0 saturated heterocycles. The zero-order valence-corrected chi connectivity index (χ0v) is 12.6. The van der Waals surface area contributed by atoms with Crippen LogP contribution in [0.2, 0.25) is 0 Å². The van der Waals surface area contributed by atoms with Crippen molar-refractivity contribution >= 4 is 21.6 Å². The average Bonchev–Trinajstić information content (AvgIpc) is 2.45. The van der Waals surface area contributed by atoms with Gasteiger partial charge in [-0.05, 0) is 40.9 Å². The largest absolute Gasteiger partial charge is 0.382 e. The van der Waals surface area contributed by atoms with Gasteiger partial charge in [0.15, 0.2) is 0 Å². The van der Waals surface area contributed by atoms with Crippen molar-refractivity contribution in [2.75, 3.05) is 18.5 Å². The molecule has 1 aromatic carbocycles. The Bertz CT molecular complexity index is 450. The number of nitrogens with one attached hydrogen (secondary N) is 1. The van der Waals surface area contributed by atoms with Gasteiger partial charge in [0.05, 0.1) is 24.0 Å². The lowest BCUT2D eigenvalue weighted by Crippen LogP contribution is -2.20. The molecule has 1 fully saturated rings. The fourth-order valence-electron chi connectivity index (χ4n) is 2.43. The van der Waals surface area contributed by atoms with Crippen molar-refractivity contribution in [3.05, 3.63) is 28.2 Å². The minimum absolute atomic E-state index is 0.438. The van der Waals surface area contributed by atoms with Crippen molar-refractivity contribution in [2.24, 2.45) is 0 Å². The summed E-state index contributed by atoms with van der Waals surface area (Å²) in [5.41, 5.74) is 1.52. The molecule has 3 nitrogen and oxygen atoms in total. The van der Waals surface area contributed by atoms with Crippen molar-refractivity contribution in [3.8, 4) is 6.07 Å². The second-order valence-corrected chi connectivity index (χ2v) is 5.69. The van der Waals surface area contributed by atoms with Gasteiger partial charge in [0, 0.05) is 11.0 Å². The highest BCUT2D eigenvalue weighted by Crippen LogP contribution is 2.24. The van der Waals surface area contributed by atoms with E-state index in [0.29, 0.717) is 18.3 Å². The first-order valence-electron chi connectivity index (χ1n) is 6.85. The number of rotatable bonds is 5. The number of halogens is 1. The van der Waals surface area contributed by atoms with Crippen molar-refractivity contribution in [3.63, 3.8) is 0 Å². The van der Waals surface area contributed by atoms with E-state index in [1.54, 1.807) is 0 Å². The average molecular weight is 323 g/mol. The molecule has 1 aliphatic carbocycles. The molecule has 0 heterocycles. The maximum Gasteiger partial charge on any atom is 0.103 e. The van der Waals surface area contributed by atoms with Gasteiger partial charge < -0.3 is 10.1 Å². The Balaban J connectivity index is 1.76. The summed E-state index contributed by atoms with van der Waals surface area (Å²) in [7, 11) is 0. The van der Waals surface area contributed by atoms with Gasteiger partial charge in [0.2, 0.25) is 0 Å². The third kappa shape index (κ3) is 4.22. The Kier molecular flexibility index (Phi) is 5.68. The van der Waals surface area contributed by atoms with Crippen LogP contribution >= 0.6 is 15.9 Å². The van der Waals surface area contributed by atoms with Crippen LogP contribution in [0.15, 0.2) is 22.7 Å². The van der Waals surface area contributed by atoms with E-state index in [1.807, 2.05) is 18.2 Å². The van der Waals surface area contributed by atoms with Gasteiger partial charge in [0.25, 0.3) is 0 Å². The normalized spacial score (nSPS) is 16.0. The van der Waals surface area contributed by atoms with Crippen LogP contribution in [0.1, 0.15) is 37.7 Å². The first-order valence-corrected chi connectivity index (χ1v) is 7.64. The van der Waals surface area contributed by atoms with E-state index in [0.717, 1.165) is 16.7 Å². The number of anilines is 1. The molecular weight excluding hydrogens is 304 g/mol. The Labute approximate surface area is 123 Å². The topological polar surface area (TPSA) is 45.0 Å². The number of nitriles is 1. The zero-order valence-electron chi connectivity index (χ0n) is 11.0. The molecule has 0 amide bonds. The molecule has 0 atom stereocenters. The molecule has 1 aromatic rings. The van der Waals surface area contributed by atoms with Crippen LogP contribution in [-0.2, 0) is 4.74 Å². The van der Waals surface area contributed by atoms with Crippen molar-refractivity contribution in [1.82, 2.24) is 0 Å². The van der Waals surface area contributed by atoms with Gasteiger partial charge in [-0.2, -0.15) is 5.26 Å². The molecule has 2 rings (SSSR count). The number of ether oxygens (including phenoxy) is 1. The fourth-order valence-corrected chi connectivity index (χ4v) is 2.88. The third-order valence-electron chi connectivity index (χ3n) is 3.45. The van der Waals surface area contributed by atoms with Crippen molar-refractivity contribution < 1.29 is 4.74 Å². The Morgan fingerprint density at radius 2 is 2.11 bits per heavy atom. The molecule has 4 heteroatoms. The Morgan fingerprint density at radius 3 is 2.84 bits per heavy atom. The van der Waals surface area contributed by atoms with Gasteiger partial charge in [-0.15, -0.1) is 0 Å². The van der Waals surface area contributed by atoms with E-state index in [2.05, 4.69) is 27.3 Å². The highest BCUT2D eigenvalue weighted by Gasteiger charge is 2.13. The van der Waals surface area contributed by atoms with Gasteiger partial charge in [-0.1, -0.05) is 25.3 Å².